The van der Waals surface area contributed by atoms with Gasteiger partial charge in [-0.25, -0.2) is 4.98 Å². The van der Waals surface area contributed by atoms with E-state index in [0.29, 0.717) is 11.6 Å². The molecule has 1 aromatic carbocycles. The zero-order valence-electron chi connectivity index (χ0n) is 9.41. The van der Waals surface area contributed by atoms with Crippen molar-refractivity contribution in [3.63, 3.8) is 0 Å². The first-order valence-electron chi connectivity index (χ1n) is 5.41. The van der Waals surface area contributed by atoms with E-state index in [0.717, 1.165) is 15.9 Å². The molecule has 0 saturated carbocycles. The third-order valence-corrected chi connectivity index (χ3v) is 3.64. The topological polar surface area (TPSA) is 24.9 Å². The fourth-order valence-electron chi connectivity index (χ4n) is 1.51. The Morgan fingerprint density at radius 3 is 2.67 bits per heavy atom. The Bertz CT molecular complexity index is 520. The van der Waals surface area contributed by atoms with Crippen LogP contribution in [-0.2, 0) is 0 Å². The summed E-state index contributed by atoms with van der Waals surface area (Å²) in [5, 5.41) is 3.68. The highest BCUT2D eigenvalue weighted by atomic mass is 79.9. The van der Waals surface area contributed by atoms with Crippen molar-refractivity contribution in [3.8, 4) is 0 Å². The molecule has 1 heterocycles. The lowest BCUT2D eigenvalue weighted by atomic mass is 10.1. The Hall–Kier alpha value is -0.770. The molecule has 1 atom stereocenters. The van der Waals surface area contributed by atoms with Crippen molar-refractivity contribution < 1.29 is 0 Å². The maximum atomic E-state index is 6.31. The number of nitrogens with one attached hydrogen (secondary N) is 1. The smallest absolute Gasteiger partial charge is 0.140 e. The molecule has 0 aliphatic heterocycles. The molecule has 0 amide bonds. The van der Waals surface area contributed by atoms with E-state index in [4.69, 9.17) is 23.2 Å². The van der Waals surface area contributed by atoms with Gasteiger partial charge < -0.3 is 5.32 Å². The number of hydrogen-bond acceptors (Lipinski definition) is 2. The molecule has 0 fully saturated rings. The second-order valence-corrected chi connectivity index (χ2v) is 5.56. The molecule has 1 unspecified atom stereocenters. The van der Waals surface area contributed by atoms with Crippen LogP contribution in [-0.4, -0.2) is 11.5 Å². The highest BCUT2D eigenvalue weighted by Gasteiger charge is 2.08. The van der Waals surface area contributed by atoms with Crippen molar-refractivity contribution >= 4 is 44.9 Å². The molecule has 0 spiro atoms. The normalized spacial score (nSPS) is 12.2. The summed E-state index contributed by atoms with van der Waals surface area (Å²) >= 11 is 15.5. The van der Waals surface area contributed by atoms with E-state index in [1.165, 1.54) is 0 Å². The Kier molecular flexibility index (Phi) is 4.87. The number of pyridine rings is 1. The van der Waals surface area contributed by atoms with E-state index < -0.39 is 0 Å². The van der Waals surface area contributed by atoms with E-state index in [2.05, 4.69) is 26.2 Å². The fourth-order valence-corrected chi connectivity index (χ4v) is 2.51. The van der Waals surface area contributed by atoms with Crippen molar-refractivity contribution in [3.05, 3.63) is 57.7 Å². The molecule has 1 aromatic heterocycles. The molecule has 0 saturated heterocycles. The maximum Gasteiger partial charge on any atom is 0.140 e. The molecule has 0 aliphatic rings. The minimum absolute atomic E-state index is 0.101. The Morgan fingerprint density at radius 2 is 2.00 bits per heavy atom. The number of benzene rings is 1. The molecular weight excluding hydrogens is 335 g/mol. The molecule has 18 heavy (non-hydrogen) atoms. The standard InChI is InChI=1S/C13H11BrCl2N2/c14-11-6-10(15)7-17-13(11)18-8-12(16)9-4-2-1-3-5-9/h1-7,12H,8H2,(H,17,18). The monoisotopic (exact) mass is 344 g/mol. The van der Waals surface area contributed by atoms with Crippen LogP contribution in [0.5, 0.6) is 0 Å². The van der Waals surface area contributed by atoms with Gasteiger partial charge >= 0.3 is 0 Å². The van der Waals surface area contributed by atoms with Crippen molar-refractivity contribution in [1.29, 1.82) is 0 Å². The van der Waals surface area contributed by atoms with Crippen molar-refractivity contribution in [1.82, 2.24) is 4.98 Å². The van der Waals surface area contributed by atoms with Gasteiger partial charge in [0.05, 0.1) is 14.9 Å². The number of halogens is 3. The number of hydrogen-bond donors (Lipinski definition) is 1. The number of anilines is 1. The van der Waals surface area contributed by atoms with E-state index in [-0.39, 0.29) is 5.38 Å². The van der Waals surface area contributed by atoms with Crippen molar-refractivity contribution in [2.75, 3.05) is 11.9 Å². The second kappa shape index (κ2) is 6.41. The summed E-state index contributed by atoms with van der Waals surface area (Å²) in [6.45, 7) is 0.596. The summed E-state index contributed by atoms with van der Waals surface area (Å²) in [7, 11) is 0. The van der Waals surface area contributed by atoms with Gasteiger partial charge in [-0.2, -0.15) is 0 Å². The van der Waals surface area contributed by atoms with E-state index in [1.807, 2.05) is 30.3 Å². The zero-order chi connectivity index (χ0) is 13.0. The Labute approximate surface area is 124 Å². The average molecular weight is 346 g/mol. The summed E-state index contributed by atoms with van der Waals surface area (Å²) in [6.07, 6.45) is 1.60. The molecule has 2 rings (SSSR count). The highest BCUT2D eigenvalue weighted by Crippen LogP contribution is 2.25. The SMILES string of the molecule is Clc1cnc(NCC(Cl)c2ccccc2)c(Br)c1. The highest BCUT2D eigenvalue weighted by molar-refractivity contribution is 9.10. The van der Waals surface area contributed by atoms with Gasteiger partial charge in [-0.1, -0.05) is 41.9 Å². The van der Waals surface area contributed by atoms with Gasteiger partial charge in [0.15, 0.2) is 0 Å². The summed E-state index contributed by atoms with van der Waals surface area (Å²) in [5.74, 6) is 0.737. The van der Waals surface area contributed by atoms with Gasteiger partial charge in [0.25, 0.3) is 0 Å². The van der Waals surface area contributed by atoms with Crippen LogP contribution in [0.2, 0.25) is 5.02 Å². The van der Waals surface area contributed by atoms with Gasteiger partial charge in [-0.3, -0.25) is 0 Å². The third-order valence-electron chi connectivity index (χ3n) is 2.42. The molecule has 0 radical (unpaired) electrons. The molecule has 1 N–H and O–H groups in total. The zero-order valence-corrected chi connectivity index (χ0v) is 12.5. The van der Waals surface area contributed by atoms with E-state index in [1.54, 1.807) is 12.3 Å². The fraction of sp³-hybridized carbons (Fsp3) is 0.154. The Morgan fingerprint density at radius 1 is 1.28 bits per heavy atom. The molecule has 94 valence electrons. The van der Waals surface area contributed by atoms with Crippen LogP contribution < -0.4 is 5.32 Å². The Balaban J connectivity index is 1.99. The largest absolute Gasteiger partial charge is 0.367 e. The molecule has 2 aromatic rings. The molecule has 0 bridgehead atoms. The maximum absolute atomic E-state index is 6.31. The predicted octanol–water partition coefficient (Wildman–Crippen LogP) is 4.89. The quantitative estimate of drug-likeness (QED) is 0.798. The van der Waals surface area contributed by atoms with Crippen LogP contribution in [0.1, 0.15) is 10.9 Å². The molecule has 5 heteroatoms. The van der Waals surface area contributed by atoms with Crippen LogP contribution in [0.25, 0.3) is 0 Å². The van der Waals surface area contributed by atoms with Gasteiger partial charge in [-0.05, 0) is 27.6 Å². The first-order valence-corrected chi connectivity index (χ1v) is 7.01. The first kappa shape index (κ1) is 13.7. The van der Waals surface area contributed by atoms with Crippen LogP contribution >= 0.6 is 39.1 Å². The number of alkyl halides is 1. The minimum atomic E-state index is -0.101. The first-order chi connectivity index (χ1) is 8.66. The number of nitrogens with zero attached hydrogens (tertiary/aromatic N) is 1. The lowest BCUT2D eigenvalue weighted by Gasteiger charge is -2.12. The van der Waals surface area contributed by atoms with E-state index in [9.17, 15) is 0 Å². The van der Waals surface area contributed by atoms with Crippen LogP contribution in [0, 0.1) is 0 Å². The summed E-state index contributed by atoms with van der Waals surface area (Å²) < 4.78 is 0.826. The lowest BCUT2D eigenvalue weighted by Crippen LogP contribution is -2.09. The van der Waals surface area contributed by atoms with Crippen LogP contribution in [0.4, 0.5) is 5.82 Å². The van der Waals surface area contributed by atoms with E-state index >= 15 is 0 Å². The predicted molar refractivity (Wildman–Crippen MR) is 80.5 cm³/mol. The lowest BCUT2D eigenvalue weighted by molar-refractivity contribution is 0.965. The molecule has 0 aliphatic carbocycles. The number of rotatable bonds is 4. The average Bonchev–Trinajstić information content (AvgIpc) is 2.38. The number of aromatic nitrogens is 1. The third kappa shape index (κ3) is 3.61. The van der Waals surface area contributed by atoms with Crippen molar-refractivity contribution in [2.24, 2.45) is 0 Å². The van der Waals surface area contributed by atoms with Crippen molar-refractivity contribution in [2.45, 2.75) is 5.38 Å². The summed E-state index contributed by atoms with van der Waals surface area (Å²) in [4.78, 5) is 4.19. The summed E-state index contributed by atoms with van der Waals surface area (Å²) in [6, 6.07) is 11.7. The van der Waals surface area contributed by atoms with Gasteiger partial charge in [0.1, 0.15) is 5.82 Å². The molecular formula is C13H11BrCl2N2. The van der Waals surface area contributed by atoms with Gasteiger partial charge in [-0.15, -0.1) is 11.6 Å². The van der Waals surface area contributed by atoms with Crippen LogP contribution in [0.15, 0.2) is 47.1 Å². The van der Waals surface area contributed by atoms with Crippen LogP contribution in [0.3, 0.4) is 0 Å². The minimum Gasteiger partial charge on any atom is -0.367 e. The summed E-state index contributed by atoms with van der Waals surface area (Å²) in [5.41, 5.74) is 1.08. The second-order valence-electron chi connectivity index (χ2n) is 3.74. The van der Waals surface area contributed by atoms with Gasteiger partial charge in [0.2, 0.25) is 0 Å². The van der Waals surface area contributed by atoms with Gasteiger partial charge in [0, 0.05) is 12.7 Å². The molecule has 2 nitrogen and oxygen atoms in total.